The number of carbonyl (C=O) groups is 1. The van der Waals surface area contributed by atoms with Crippen LogP contribution in [0.25, 0.3) is 21.7 Å². The van der Waals surface area contributed by atoms with Crippen LogP contribution in [0, 0.1) is 5.92 Å². The summed E-state index contributed by atoms with van der Waals surface area (Å²) in [7, 11) is 0. The highest BCUT2D eigenvalue weighted by atomic mass is 16.5. The number of fused-ring (bicyclic) bond motifs is 3. The molecule has 0 amide bonds. The molecule has 3 aromatic rings. The van der Waals surface area contributed by atoms with Gasteiger partial charge < -0.3 is 4.74 Å². The first-order chi connectivity index (χ1) is 11.0. The van der Waals surface area contributed by atoms with E-state index < -0.39 is 0 Å². The van der Waals surface area contributed by atoms with Gasteiger partial charge in [0.05, 0.1) is 11.6 Å². The number of carbonyl (C=O) groups excluding carboxylic acids is 1. The molecule has 0 atom stereocenters. The van der Waals surface area contributed by atoms with Crippen LogP contribution in [0.5, 0.6) is 5.75 Å². The van der Waals surface area contributed by atoms with Crippen molar-refractivity contribution in [3.63, 3.8) is 0 Å². The minimum Gasteiger partial charge on any atom is -0.490 e. The molecule has 23 heavy (non-hydrogen) atoms. The predicted molar refractivity (Wildman–Crippen MR) is 94.2 cm³/mol. The largest absolute Gasteiger partial charge is 0.490 e. The van der Waals surface area contributed by atoms with Crippen molar-refractivity contribution in [1.29, 1.82) is 0 Å². The van der Waals surface area contributed by atoms with Crippen LogP contribution in [0.15, 0.2) is 42.6 Å². The Morgan fingerprint density at radius 3 is 2.35 bits per heavy atom. The molecule has 3 nitrogen and oxygen atoms in total. The number of benzene rings is 2. The summed E-state index contributed by atoms with van der Waals surface area (Å²) < 4.78 is 5.99. The van der Waals surface area contributed by atoms with Gasteiger partial charge in [-0.05, 0) is 26.0 Å². The molecule has 1 heterocycles. The third-order valence-corrected chi connectivity index (χ3v) is 3.87. The highest BCUT2D eigenvalue weighted by Crippen LogP contribution is 2.35. The standard InChI is InChI=1S/C20H21NO2/c1-12(2)20(22)16-9-10-21-19-15-8-6-5-7-14(15)18(11-17(16)19)23-13(3)4/h5-13H,1-4H3. The van der Waals surface area contributed by atoms with Crippen molar-refractivity contribution in [3.8, 4) is 5.75 Å². The number of ether oxygens (including phenoxy) is 1. The first-order valence-electron chi connectivity index (χ1n) is 8.00. The van der Waals surface area contributed by atoms with Gasteiger partial charge in [-0.15, -0.1) is 0 Å². The minimum absolute atomic E-state index is 0.0541. The monoisotopic (exact) mass is 307 g/mol. The lowest BCUT2D eigenvalue weighted by molar-refractivity contribution is 0.0941. The second-order valence-electron chi connectivity index (χ2n) is 6.36. The Labute approximate surface area is 136 Å². The SMILES string of the molecule is CC(C)Oc1cc2c(C(=O)C(C)C)ccnc2c2ccccc12. The van der Waals surface area contributed by atoms with Crippen LogP contribution in [0.3, 0.4) is 0 Å². The normalized spacial score (nSPS) is 11.6. The summed E-state index contributed by atoms with van der Waals surface area (Å²) in [5.74, 6) is 0.874. The number of pyridine rings is 1. The van der Waals surface area contributed by atoms with Gasteiger partial charge in [-0.25, -0.2) is 0 Å². The Hall–Kier alpha value is -2.42. The maximum absolute atomic E-state index is 12.6. The van der Waals surface area contributed by atoms with Gasteiger partial charge in [-0.1, -0.05) is 38.1 Å². The van der Waals surface area contributed by atoms with Gasteiger partial charge in [0.15, 0.2) is 5.78 Å². The molecule has 0 fully saturated rings. The lowest BCUT2D eigenvalue weighted by Gasteiger charge is -2.16. The van der Waals surface area contributed by atoms with E-state index in [2.05, 4.69) is 4.98 Å². The molecule has 3 heteroatoms. The number of hydrogen-bond acceptors (Lipinski definition) is 3. The molecule has 0 saturated carbocycles. The summed E-state index contributed by atoms with van der Waals surface area (Å²) in [6.07, 6.45) is 1.78. The van der Waals surface area contributed by atoms with Crippen LogP contribution in [0.2, 0.25) is 0 Å². The van der Waals surface area contributed by atoms with Crippen molar-refractivity contribution in [3.05, 3.63) is 48.2 Å². The van der Waals surface area contributed by atoms with Crippen LogP contribution in [0.1, 0.15) is 38.1 Å². The number of aromatic nitrogens is 1. The summed E-state index contributed by atoms with van der Waals surface area (Å²) in [6.45, 7) is 7.84. The highest BCUT2D eigenvalue weighted by molar-refractivity contribution is 6.16. The van der Waals surface area contributed by atoms with E-state index in [1.165, 1.54) is 0 Å². The second-order valence-corrected chi connectivity index (χ2v) is 6.36. The molecule has 0 N–H and O–H groups in total. The molecule has 0 unspecified atom stereocenters. The third-order valence-electron chi connectivity index (χ3n) is 3.87. The van der Waals surface area contributed by atoms with E-state index in [4.69, 9.17) is 4.74 Å². The molecule has 0 aliphatic carbocycles. The smallest absolute Gasteiger partial charge is 0.166 e. The number of rotatable bonds is 4. The Balaban J connectivity index is 2.38. The quantitative estimate of drug-likeness (QED) is 0.502. The molecule has 0 aliphatic heterocycles. The van der Waals surface area contributed by atoms with Gasteiger partial charge in [-0.2, -0.15) is 0 Å². The molecule has 0 spiro atoms. The number of ketones is 1. The van der Waals surface area contributed by atoms with Crippen molar-refractivity contribution in [2.24, 2.45) is 5.92 Å². The fraction of sp³-hybridized carbons (Fsp3) is 0.300. The Bertz CT molecular complexity index is 881. The van der Waals surface area contributed by atoms with Crippen LogP contribution in [-0.4, -0.2) is 16.9 Å². The summed E-state index contributed by atoms with van der Waals surface area (Å²) in [4.78, 5) is 17.1. The van der Waals surface area contributed by atoms with Gasteiger partial charge in [-0.3, -0.25) is 9.78 Å². The van der Waals surface area contributed by atoms with Gasteiger partial charge >= 0.3 is 0 Å². The number of nitrogens with zero attached hydrogens (tertiary/aromatic N) is 1. The minimum atomic E-state index is -0.0541. The maximum Gasteiger partial charge on any atom is 0.166 e. The van der Waals surface area contributed by atoms with Gasteiger partial charge in [0.2, 0.25) is 0 Å². The summed E-state index contributed by atoms with van der Waals surface area (Å²) >= 11 is 0. The Morgan fingerprint density at radius 2 is 1.70 bits per heavy atom. The maximum atomic E-state index is 12.6. The third kappa shape index (κ3) is 2.79. The molecule has 0 aliphatic rings. The van der Waals surface area contributed by atoms with Crippen LogP contribution in [-0.2, 0) is 0 Å². The summed E-state index contributed by atoms with van der Waals surface area (Å²) in [5.41, 5.74) is 1.56. The van der Waals surface area contributed by atoms with Crippen molar-refractivity contribution < 1.29 is 9.53 Å². The topological polar surface area (TPSA) is 39.2 Å². The Kier molecular flexibility index (Phi) is 4.03. The Morgan fingerprint density at radius 1 is 1.00 bits per heavy atom. The van der Waals surface area contributed by atoms with Gasteiger partial charge in [0, 0.05) is 33.8 Å². The molecule has 0 saturated heterocycles. The molecule has 3 rings (SSSR count). The van der Waals surface area contributed by atoms with E-state index in [9.17, 15) is 4.79 Å². The van der Waals surface area contributed by atoms with Crippen molar-refractivity contribution >= 4 is 27.5 Å². The fourth-order valence-electron chi connectivity index (χ4n) is 2.82. The van der Waals surface area contributed by atoms with Gasteiger partial charge in [0.25, 0.3) is 0 Å². The molecular formula is C20H21NO2. The average molecular weight is 307 g/mol. The van der Waals surface area contributed by atoms with Crippen molar-refractivity contribution in [1.82, 2.24) is 4.98 Å². The van der Waals surface area contributed by atoms with E-state index in [1.807, 2.05) is 58.0 Å². The average Bonchev–Trinajstić information content (AvgIpc) is 2.53. The molecule has 1 aromatic heterocycles. The molecule has 0 radical (unpaired) electrons. The molecule has 118 valence electrons. The van der Waals surface area contributed by atoms with E-state index >= 15 is 0 Å². The van der Waals surface area contributed by atoms with Crippen LogP contribution >= 0.6 is 0 Å². The van der Waals surface area contributed by atoms with E-state index in [-0.39, 0.29) is 17.8 Å². The lowest BCUT2D eigenvalue weighted by atomic mass is 9.95. The van der Waals surface area contributed by atoms with Crippen LogP contribution in [0.4, 0.5) is 0 Å². The first kappa shape index (κ1) is 15.5. The van der Waals surface area contributed by atoms with Crippen molar-refractivity contribution in [2.75, 3.05) is 0 Å². The predicted octanol–water partition coefficient (Wildman–Crippen LogP) is 5.01. The van der Waals surface area contributed by atoms with E-state index in [0.29, 0.717) is 5.56 Å². The molecular weight excluding hydrogens is 286 g/mol. The van der Waals surface area contributed by atoms with E-state index in [0.717, 1.165) is 27.4 Å². The zero-order valence-corrected chi connectivity index (χ0v) is 14.0. The number of Topliss-reactive ketones (excluding diaryl/α,β-unsaturated/α-hetero) is 1. The van der Waals surface area contributed by atoms with Crippen molar-refractivity contribution in [2.45, 2.75) is 33.8 Å². The van der Waals surface area contributed by atoms with Gasteiger partial charge in [0.1, 0.15) is 5.75 Å². The van der Waals surface area contributed by atoms with E-state index in [1.54, 1.807) is 12.3 Å². The fourth-order valence-corrected chi connectivity index (χ4v) is 2.82. The summed E-state index contributed by atoms with van der Waals surface area (Å²) in [5, 5.41) is 2.90. The zero-order chi connectivity index (χ0) is 16.6. The zero-order valence-electron chi connectivity index (χ0n) is 14.0. The summed E-state index contributed by atoms with van der Waals surface area (Å²) in [6, 6.07) is 11.8. The molecule has 2 aromatic carbocycles. The molecule has 0 bridgehead atoms. The first-order valence-corrected chi connectivity index (χ1v) is 8.00. The number of hydrogen-bond donors (Lipinski definition) is 0. The van der Waals surface area contributed by atoms with Crippen LogP contribution < -0.4 is 4.74 Å². The second kappa shape index (κ2) is 5.99. The lowest BCUT2D eigenvalue weighted by Crippen LogP contribution is -2.09. The highest BCUT2D eigenvalue weighted by Gasteiger charge is 2.17.